The Hall–Kier alpha value is -2.76. The summed E-state index contributed by atoms with van der Waals surface area (Å²) in [5, 5.41) is 9.08. The fourth-order valence-corrected chi connectivity index (χ4v) is 4.36. The van der Waals surface area contributed by atoms with Crippen LogP contribution in [0, 0.1) is 6.92 Å². The standard InChI is InChI=1S/C25H26Cl2N4O/c1-16-12-24-30(3)14-20(15-31(24)29-16)25(32)28-17(2)23(19-6-10-22(27)11-7-19)13-18-4-8-21(26)9-5-18/h4-12,15,17,23H,13-14H2,1-3H3,(H,28,32). The molecule has 1 aliphatic rings. The SMILES string of the molecule is Cc1cc2n(n1)C=C(C(=O)NC(C)C(Cc1ccc(Cl)cc1)c1ccc(Cl)cc1)CN2C. The fraction of sp³-hybridized carbons (Fsp3) is 0.280. The van der Waals surface area contributed by atoms with Crippen molar-refractivity contribution < 1.29 is 4.79 Å². The number of rotatable bonds is 6. The van der Waals surface area contributed by atoms with Crippen molar-refractivity contribution >= 4 is 41.1 Å². The van der Waals surface area contributed by atoms with Gasteiger partial charge in [0.2, 0.25) is 0 Å². The molecule has 4 rings (SSSR count). The molecule has 2 heterocycles. The van der Waals surface area contributed by atoms with Gasteiger partial charge >= 0.3 is 0 Å². The Morgan fingerprint density at radius 1 is 1.09 bits per heavy atom. The predicted molar refractivity (Wildman–Crippen MR) is 131 cm³/mol. The number of amides is 1. The molecule has 2 unspecified atom stereocenters. The maximum atomic E-state index is 13.2. The number of carbonyl (C=O) groups is 1. The number of aromatic nitrogens is 2. The third-order valence-electron chi connectivity index (χ3n) is 5.84. The van der Waals surface area contributed by atoms with E-state index >= 15 is 0 Å². The van der Waals surface area contributed by atoms with Gasteiger partial charge in [0.15, 0.2) is 0 Å². The minimum absolute atomic E-state index is 0.0711. The second-order valence-corrected chi connectivity index (χ2v) is 9.22. The average Bonchev–Trinajstić information content (AvgIpc) is 3.15. The van der Waals surface area contributed by atoms with Crippen molar-refractivity contribution in [1.29, 1.82) is 0 Å². The summed E-state index contributed by atoms with van der Waals surface area (Å²) in [4.78, 5) is 15.2. The first-order chi connectivity index (χ1) is 15.3. The molecule has 0 saturated heterocycles. The lowest BCUT2D eigenvalue weighted by atomic mass is 9.86. The van der Waals surface area contributed by atoms with Crippen LogP contribution in [0.2, 0.25) is 10.0 Å². The van der Waals surface area contributed by atoms with Gasteiger partial charge in [-0.3, -0.25) is 4.79 Å². The second kappa shape index (κ2) is 9.39. The number of nitrogens with one attached hydrogen (secondary N) is 1. The molecular formula is C25H26Cl2N4O. The van der Waals surface area contributed by atoms with Gasteiger partial charge < -0.3 is 10.2 Å². The van der Waals surface area contributed by atoms with E-state index in [0.29, 0.717) is 22.2 Å². The van der Waals surface area contributed by atoms with Crippen LogP contribution in [-0.2, 0) is 11.2 Å². The third kappa shape index (κ3) is 5.00. The highest BCUT2D eigenvalue weighted by Crippen LogP contribution is 2.28. The van der Waals surface area contributed by atoms with Gasteiger partial charge in [0.05, 0.1) is 17.8 Å². The van der Waals surface area contributed by atoms with E-state index in [1.54, 1.807) is 4.68 Å². The number of benzene rings is 2. The van der Waals surface area contributed by atoms with Crippen molar-refractivity contribution in [3.63, 3.8) is 0 Å². The summed E-state index contributed by atoms with van der Waals surface area (Å²) in [5.41, 5.74) is 3.88. The van der Waals surface area contributed by atoms with Gasteiger partial charge in [-0.15, -0.1) is 0 Å². The summed E-state index contributed by atoms with van der Waals surface area (Å²) >= 11 is 12.2. The average molecular weight is 469 g/mol. The first kappa shape index (κ1) is 22.4. The van der Waals surface area contributed by atoms with Crippen LogP contribution < -0.4 is 10.2 Å². The molecule has 32 heavy (non-hydrogen) atoms. The molecule has 2 atom stereocenters. The molecule has 2 aromatic carbocycles. The molecule has 7 heteroatoms. The van der Waals surface area contributed by atoms with Crippen LogP contribution in [0.15, 0.2) is 60.2 Å². The van der Waals surface area contributed by atoms with Gasteiger partial charge in [0.25, 0.3) is 5.91 Å². The van der Waals surface area contributed by atoms with Crippen LogP contribution in [0.4, 0.5) is 5.82 Å². The summed E-state index contributed by atoms with van der Waals surface area (Å²) in [5.74, 6) is 0.967. The monoisotopic (exact) mass is 468 g/mol. The predicted octanol–water partition coefficient (Wildman–Crippen LogP) is 5.32. The van der Waals surface area contributed by atoms with Gasteiger partial charge in [0.1, 0.15) is 5.82 Å². The van der Waals surface area contributed by atoms with E-state index in [-0.39, 0.29) is 17.9 Å². The largest absolute Gasteiger partial charge is 0.355 e. The van der Waals surface area contributed by atoms with Crippen LogP contribution in [0.25, 0.3) is 6.20 Å². The molecule has 5 nitrogen and oxygen atoms in total. The van der Waals surface area contributed by atoms with E-state index in [9.17, 15) is 4.79 Å². The number of hydrogen-bond donors (Lipinski definition) is 1. The summed E-state index contributed by atoms with van der Waals surface area (Å²) in [6.07, 6.45) is 2.59. The van der Waals surface area contributed by atoms with Gasteiger partial charge in [-0.25, -0.2) is 4.68 Å². The summed E-state index contributed by atoms with van der Waals surface area (Å²) in [7, 11) is 1.97. The highest BCUT2D eigenvalue weighted by molar-refractivity contribution is 6.30. The minimum Gasteiger partial charge on any atom is -0.355 e. The molecule has 1 N–H and O–H groups in total. The quantitative estimate of drug-likeness (QED) is 0.532. The number of fused-ring (bicyclic) bond motifs is 1. The molecule has 1 amide bonds. The zero-order valence-corrected chi connectivity index (χ0v) is 19.9. The minimum atomic E-state index is -0.105. The maximum absolute atomic E-state index is 13.2. The highest BCUT2D eigenvalue weighted by atomic mass is 35.5. The van der Waals surface area contributed by atoms with Gasteiger partial charge in [-0.1, -0.05) is 47.5 Å². The van der Waals surface area contributed by atoms with Crippen molar-refractivity contribution in [2.75, 3.05) is 18.5 Å². The molecule has 0 radical (unpaired) electrons. The zero-order valence-electron chi connectivity index (χ0n) is 18.3. The summed E-state index contributed by atoms with van der Waals surface area (Å²) < 4.78 is 1.77. The molecule has 166 valence electrons. The number of anilines is 1. The Kier molecular flexibility index (Phi) is 6.58. The Balaban J connectivity index is 1.56. The zero-order chi connectivity index (χ0) is 22.8. The number of likely N-dealkylation sites (N-methyl/N-ethyl adjacent to an activating group) is 1. The number of carbonyl (C=O) groups excluding carboxylic acids is 1. The van der Waals surface area contributed by atoms with Crippen LogP contribution in [-0.4, -0.2) is 35.3 Å². The lowest BCUT2D eigenvalue weighted by Crippen LogP contribution is -2.41. The number of hydrogen-bond acceptors (Lipinski definition) is 3. The van der Waals surface area contributed by atoms with Crippen molar-refractivity contribution in [1.82, 2.24) is 15.1 Å². The van der Waals surface area contributed by atoms with Crippen molar-refractivity contribution in [2.45, 2.75) is 32.2 Å². The first-order valence-electron chi connectivity index (χ1n) is 10.6. The molecule has 1 aromatic heterocycles. The fourth-order valence-electron chi connectivity index (χ4n) is 4.11. The molecular weight excluding hydrogens is 443 g/mol. The molecule has 0 saturated carbocycles. The normalized spacial score (nSPS) is 15.0. The van der Waals surface area contributed by atoms with Crippen LogP contribution in [0.3, 0.4) is 0 Å². The van der Waals surface area contributed by atoms with Gasteiger partial charge in [-0.05, 0) is 55.7 Å². The second-order valence-electron chi connectivity index (χ2n) is 8.35. The number of nitrogens with zero attached hydrogens (tertiary/aromatic N) is 3. The van der Waals surface area contributed by atoms with Crippen LogP contribution in [0.5, 0.6) is 0 Å². The topological polar surface area (TPSA) is 50.2 Å². The molecule has 0 aliphatic carbocycles. The van der Waals surface area contributed by atoms with E-state index in [0.717, 1.165) is 29.1 Å². The first-order valence-corrected chi connectivity index (χ1v) is 11.3. The summed E-state index contributed by atoms with van der Waals surface area (Å²) in [6.45, 7) is 4.53. The lowest BCUT2D eigenvalue weighted by molar-refractivity contribution is -0.118. The van der Waals surface area contributed by atoms with E-state index in [2.05, 4.69) is 10.4 Å². The van der Waals surface area contributed by atoms with E-state index in [1.807, 2.05) is 86.6 Å². The van der Waals surface area contributed by atoms with E-state index in [4.69, 9.17) is 23.2 Å². The van der Waals surface area contributed by atoms with Crippen molar-refractivity contribution in [3.8, 4) is 0 Å². The van der Waals surface area contributed by atoms with E-state index in [1.165, 1.54) is 0 Å². The Labute approximate surface area is 198 Å². The van der Waals surface area contributed by atoms with Crippen LogP contribution >= 0.6 is 23.2 Å². The Bertz CT molecular complexity index is 1140. The van der Waals surface area contributed by atoms with Gasteiger partial charge in [0, 0.05) is 41.3 Å². The Morgan fingerprint density at radius 3 is 2.38 bits per heavy atom. The summed E-state index contributed by atoms with van der Waals surface area (Å²) in [6, 6.07) is 17.6. The van der Waals surface area contributed by atoms with Crippen molar-refractivity contribution in [2.24, 2.45) is 0 Å². The molecule has 3 aromatic rings. The lowest BCUT2D eigenvalue weighted by Gasteiger charge is -2.29. The Morgan fingerprint density at radius 2 is 1.72 bits per heavy atom. The van der Waals surface area contributed by atoms with Crippen molar-refractivity contribution in [3.05, 3.63) is 87.0 Å². The maximum Gasteiger partial charge on any atom is 0.250 e. The molecule has 0 bridgehead atoms. The number of halogens is 2. The smallest absolute Gasteiger partial charge is 0.250 e. The van der Waals surface area contributed by atoms with E-state index < -0.39 is 0 Å². The number of aryl methyl sites for hydroxylation is 1. The third-order valence-corrected chi connectivity index (χ3v) is 6.34. The molecule has 0 spiro atoms. The molecule has 1 aliphatic heterocycles. The molecule has 0 fully saturated rings. The van der Waals surface area contributed by atoms with Gasteiger partial charge in [-0.2, -0.15) is 5.10 Å². The van der Waals surface area contributed by atoms with Crippen LogP contribution in [0.1, 0.15) is 29.7 Å². The highest BCUT2D eigenvalue weighted by Gasteiger charge is 2.26.